The Kier molecular flexibility index (Phi) is 7.67. The van der Waals surface area contributed by atoms with Gasteiger partial charge in [0, 0.05) is 12.6 Å². The Labute approximate surface area is 180 Å². The average Bonchev–Trinajstić information content (AvgIpc) is 2.98. The maximum Gasteiger partial charge on any atom is 0.243 e. The molecule has 0 radical (unpaired) electrons. The van der Waals surface area contributed by atoms with Gasteiger partial charge in [-0.25, -0.2) is 8.42 Å². The molecule has 1 saturated carbocycles. The van der Waals surface area contributed by atoms with Crippen molar-refractivity contribution >= 4 is 15.9 Å². The number of amides is 1. The van der Waals surface area contributed by atoms with Gasteiger partial charge in [-0.1, -0.05) is 73.2 Å². The molecule has 3 rings (SSSR count). The zero-order chi connectivity index (χ0) is 21.6. The summed E-state index contributed by atoms with van der Waals surface area (Å²) in [6.45, 7) is 3.89. The molecule has 6 heteroatoms. The van der Waals surface area contributed by atoms with Crippen LogP contribution in [0.3, 0.4) is 0 Å². The second kappa shape index (κ2) is 10.2. The van der Waals surface area contributed by atoms with Crippen molar-refractivity contribution in [2.45, 2.75) is 69.9 Å². The van der Waals surface area contributed by atoms with Crippen LogP contribution in [0.2, 0.25) is 0 Å². The summed E-state index contributed by atoms with van der Waals surface area (Å²) in [6, 6.07) is 14.7. The van der Waals surface area contributed by atoms with Crippen LogP contribution in [-0.4, -0.2) is 31.2 Å². The van der Waals surface area contributed by atoms with Gasteiger partial charge in [0.2, 0.25) is 15.9 Å². The van der Waals surface area contributed by atoms with Gasteiger partial charge in [-0.15, -0.1) is 0 Å². The molecule has 5 nitrogen and oxygen atoms in total. The second-order valence-electron chi connectivity index (χ2n) is 8.33. The first kappa shape index (κ1) is 22.5. The molecule has 0 unspecified atom stereocenters. The van der Waals surface area contributed by atoms with Gasteiger partial charge in [0.15, 0.2) is 0 Å². The summed E-state index contributed by atoms with van der Waals surface area (Å²) in [7, 11) is -3.80. The van der Waals surface area contributed by atoms with Crippen molar-refractivity contribution in [2.24, 2.45) is 0 Å². The van der Waals surface area contributed by atoms with E-state index in [0.29, 0.717) is 0 Å². The molecule has 0 saturated heterocycles. The first-order valence-electron chi connectivity index (χ1n) is 10.8. The Bertz CT molecular complexity index is 929. The van der Waals surface area contributed by atoms with Crippen LogP contribution in [0.4, 0.5) is 0 Å². The van der Waals surface area contributed by atoms with Gasteiger partial charge in [0.05, 0.1) is 11.4 Å². The monoisotopic (exact) mass is 428 g/mol. The molecule has 0 aliphatic heterocycles. The molecule has 1 aliphatic carbocycles. The van der Waals surface area contributed by atoms with Crippen LogP contribution in [0, 0.1) is 13.8 Å². The van der Waals surface area contributed by atoms with E-state index in [1.807, 2.05) is 38.1 Å². The minimum Gasteiger partial charge on any atom is -0.352 e. The van der Waals surface area contributed by atoms with E-state index in [0.717, 1.165) is 42.4 Å². The van der Waals surface area contributed by atoms with Crippen molar-refractivity contribution in [3.05, 3.63) is 65.2 Å². The Morgan fingerprint density at radius 3 is 2.00 bits per heavy atom. The van der Waals surface area contributed by atoms with Crippen LogP contribution in [0.5, 0.6) is 0 Å². The minimum atomic E-state index is -3.80. The van der Waals surface area contributed by atoms with Crippen LogP contribution in [0.25, 0.3) is 0 Å². The predicted octanol–water partition coefficient (Wildman–Crippen LogP) is 4.33. The summed E-state index contributed by atoms with van der Waals surface area (Å²) in [5.41, 5.74) is 2.96. The molecule has 2 aromatic carbocycles. The molecule has 0 heterocycles. The highest BCUT2D eigenvalue weighted by Crippen LogP contribution is 2.20. The molecule has 1 amide bonds. The number of carbonyl (C=O) groups is 1. The fourth-order valence-corrected chi connectivity index (χ4v) is 5.22. The quantitative estimate of drug-likeness (QED) is 0.668. The van der Waals surface area contributed by atoms with Crippen molar-refractivity contribution in [3.63, 3.8) is 0 Å². The zero-order valence-electron chi connectivity index (χ0n) is 17.9. The van der Waals surface area contributed by atoms with Gasteiger partial charge in [0.1, 0.15) is 0 Å². The number of carbonyl (C=O) groups excluding carboxylic acids is 1. The Morgan fingerprint density at radius 1 is 0.900 bits per heavy atom. The largest absolute Gasteiger partial charge is 0.352 e. The minimum absolute atomic E-state index is 0.142. The zero-order valence-corrected chi connectivity index (χ0v) is 18.7. The number of sulfonamides is 1. The number of hydrogen-bond donors (Lipinski definition) is 1. The third-order valence-corrected chi connectivity index (χ3v) is 7.48. The highest BCUT2D eigenvalue weighted by molar-refractivity contribution is 7.89. The fourth-order valence-electron chi connectivity index (χ4n) is 3.84. The summed E-state index contributed by atoms with van der Waals surface area (Å²) in [4.78, 5) is 13.0. The third-order valence-electron chi connectivity index (χ3n) is 5.68. The van der Waals surface area contributed by atoms with Crippen molar-refractivity contribution in [3.8, 4) is 0 Å². The first-order chi connectivity index (χ1) is 14.3. The Morgan fingerprint density at radius 2 is 1.43 bits per heavy atom. The Balaban J connectivity index is 1.80. The number of nitrogens with one attached hydrogen (secondary N) is 1. The topological polar surface area (TPSA) is 66.5 Å². The Hall–Kier alpha value is -2.18. The van der Waals surface area contributed by atoms with E-state index in [1.54, 1.807) is 24.3 Å². The molecule has 1 fully saturated rings. The van der Waals surface area contributed by atoms with Gasteiger partial charge in [-0.05, 0) is 44.4 Å². The van der Waals surface area contributed by atoms with E-state index in [9.17, 15) is 13.2 Å². The van der Waals surface area contributed by atoms with Crippen molar-refractivity contribution in [1.82, 2.24) is 9.62 Å². The van der Waals surface area contributed by atoms with Crippen LogP contribution in [0.1, 0.15) is 55.2 Å². The number of benzene rings is 2. The third kappa shape index (κ3) is 6.16. The van der Waals surface area contributed by atoms with Gasteiger partial charge in [-0.2, -0.15) is 4.31 Å². The lowest BCUT2D eigenvalue weighted by molar-refractivity contribution is -0.122. The molecule has 0 spiro atoms. The van der Waals surface area contributed by atoms with E-state index >= 15 is 0 Å². The van der Waals surface area contributed by atoms with Gasteiger partial charge in [-0.3, -0.25) is 4.79 Å². The molecule has 2 aromatic rings. The highest BCUT2D eigenvalue weighted by Gasteiger charge is 2.27. The SMILES string of the molecule is Cc1ccc(CN(CC(=O)NC2CCCCCC2)S(=O)(=O)c2ccc(C)cc2)cc1. The summed E-state index contributed by atoms with van der Waals surface area (Å²) in [6.07, 6.45) is 6.56. The van der Waals surface area contributed by atoms with E-state index < -0.39 is 10.0 Å². The second-order valence-corrected chi connectivity index (χ2v) is 10.3. The van der Waals surface area contributed by atoms with Crippen LogP contribution < -0.4 is 5.32 Å². The number of aryl methyl sites for hydroxylation is 2. The lowest BCUT2D eigenvalue weighted by Gasteiger charge is -2.24. The molecular weight excluding hydrogens is 396 g/mol. The molecule has 0 aromatic heterocycles. The maximum atomic E-state index is 13.3. The molecule has 0 bridgehead atoms. The van der Waals surface area contributed by atoms with Crippen LogP contribution in [-0.2, 0) is 21.4 Å². The standard InChI is InChI=1S/C24H32N2O3S/c1-19-9-13-21(14-10-19)17-26(30(28,29)23-15-11-20(2)12-16-23)18-24(27)25-22-7-5-3-4-6-8-22/h9-16,22H,3-8,17-18H2,1-2H3,(H,25,27). The smallest absolute Gasteiger partial charge is 0.243 e. The molecular formula is C24H32N2O3S. The van der Waals surface area contributed by atoms with Gasteiger partial charge in [0.25, 0.3) is 0 Å². The van der Waals surface area contributed by atoms with Gasteiger partial charge >= 0.3 is 0 Å². The van der Waals surface area contributed by atoms with E-state index in [-0.39, 0.29) is 29.9 Å². The van der Waals surface area contributed by atoms with E-state index in [2.05, 4.69) is 5.32 Å². The van der Waals surface area contributed by atoms with E-state index in [1.165, 1.54) is 17.1 Å². The maximum absolute atomic E-state index is 13.3. The van der Waals surface area contributed by atoms with E-state index in [4.69, 9.17) is 0 Å². The number of nitrogens with zero attached hydrogens (tertiary/aromatic N) is 1. The lowest BCUT2D eigenvalue weighted by Crippen LogP contribution is -2.43. The van der Waals surface area contributed by atoms with Crippen LogP contribution in [0.15, 0.2) is 53.4 Å². The van der Waals surface area contributed by atoms with Crippen LogP contribution >= 0.6 is 0 Å². The van der Waals surface area contributed by atoms with Crippen molar-refractivity contribution in [1.29, 1.82) is 0 Å². The highest BCUT2D eigenvalue weighted by atomic mass is 32.2. The summed E-state index contributed by atoms with van der Waals surface area (Å²) in [5.74, 6) is -0.232. The summed E-state index contributed by atoms with van der Waals surface area (Å²) >= 11 is 0. The number of hydrogen-bond acceptors (Lipinski definition) is 3. The van der Waals surface area contributed by atoms with Gasteiger partial charge < -0.3 is 5.32 Å². The summed E-state index contributed by atoms with van der Waals surface area (Å²) in [5, 5.41) is 3.07. The molecule has 1 aliphatic rings. The van der Waals surface area contributed by atoms with Crippen molar-refractivity contribution in [2.75, 3.05) is 6.54 Å². The van der Waals surface area contributed by atoms with Crippen molar-refractivity contribution < 1.29 is 13.2 Å². The molecule has 162 valence electrons. The molecule has 1 N–H and O–H groups in total. The number of rotatable bonds is 7. The lowest BCUT2D eigenvalue weighted by atomic mass is 10.1. The predicted molar refractivity (Wildman–Crippen MR) is 120 cm³/mol. The summed E-state index contributed by atoms with van der Waals surface area (Å²) < 4.78 is 28.0. The molecule has 0 atom stereocenters. The average molecular weight is 429 g/mol. The first-order valence-corrected chi connectivity index (χ1v) is 12.2. The fraction of sp³-hybridized carbons (Fsp3) is 0.458. The molecule has 30 heavy (non-hydrogen) atoms. The normalized spacial score (nSPS) is 15.7.